The Hall–Kier alpha value is -1.70. The Morgan fingerprint density at radius 1 is 1.36 bits per heavy atom. The van der Waals surface area contributed by atoms with Gasteiger partial charge in [-0.2, -0.15) is 5.10 Å². The summed E-state index contributed by atoms with van der Waals surface area (Å²) in [5, 5.41) is 6.48. The number of likely N-dealkylation sites (tertiary alicyclic amines) is 2. The first-order chi connectivity index (χ1) is 11.7. The number of urea groups is 1. The minimum Gasteiger partial charge on any atom is -0.323 e. The van der Waals surface area contributed by atoms with Gasteiger partial charge in [-0.15, -0.1) is 0 Å². The topological polar surface area (TPSA) is 53.4 Å². The van der Waals surface area contributed by atoms with Crippen LogP contribution in [-0.4, -0.2) is 57.8 Å². The van der Waals surface area contributed by atoms with Crippen molar-refractivity contribution in [1.29, 1.82) is 0 Å². The van der Waals surface area contributed by atoms with E-state index in [2.05, 4.69) is 29.2 Å². The molecule has 0 saturated carbocycles. The smallest absolute Gasteiger partial charge is 0.322 e. The molecule has 2 aliphatic rings. The zero-order valence-electron chi connectivity index (χ0n) is 15.4. The fourth-order valence-corrected chi connectivity index (χ4v) is 3.88. The molecule has 0 radical (unpaired) electrons. The van der Waals surface area contributed by atoms with Crippen LogP contribution in [0, 0.1) is 12.3 Å². The highest BCUT2D eigenvalue weighted by molar-refractivity contribution is 5.90. The highest BCUT2D eigenvalue weighted by Crippen LogP contribution is 2.33. The van der Waals surface area contributed by atoms with Crippen LogP contribution in [0.2, 0.25) is 0 Å². The molecule has 0 bridgehead atoms. The van der Waals surface area contributed by atoms with Gasteiger partial charge in [0.1, 0.15) is 0 Å². The highest BCUT2D eigenvalue weighted by Gasteiger charge is 2.40. The Balaban J connectivity index is 1.65. The molecule has 2 amide bonds. The van der Waals surface area contributed by atoms with E-state index in [1.54, 1.807) is 18.9 Å². The standard InChI is InChI=1S/C17H27F2N5O/c1-11-13(14(15(18)19)21-22(11)4)20-16(25)23-7-5-6-12(8-23)24-9-17(2,3)10-24/h12,15H,5-10H2,1-4H3,(H,20,25). The van der Waals surface area contributed by atoms with Gasteiger partial charge in [0.05, 0.1) is 11.4 Å². The molecule has 0 aliphatic carbocycles. The third-order valence-corrected chi connectivity index (χ3v) is 5.26. The summed E-state index contributed by atoms with van der Waals surface area (Å²) in [5.74, 6) is 0. The molecule has 0 spiro atoms. The lowest BCUT2D eigenvalue weighted by Crippen LogP contribution is -2.61. The molecule has 0 aromatic carbocycles. The van der Waals surface area contributed by atoms with Gasteiger partial charge in [-0.3, -0.25) is 9.58 Å². The monoisotopic (exact) mass is 355 g/mol. The third kappa shape index (κ3) is 3.63. The molecule has 25 heavy (non-hydrogen) atoms. The lowest BCUT2D eigenvalue weighted by atomic mass is 9.82. The Morgan fingerprint density at radius 3 is 2.64 bits per heavy atom. The number of nitrogens with one attached hydrogen (secondary N) is 1. The van der Waals surface area contributed by atoms with Crippen molar-refractivity contribution in [3.05, 3.63) is 11.4 Å². The molecule has 1 unspecified atom stereocenters. The van der Waals surface area contributed by atoms with Gasteiger partial charge < -0.3 is 10.2 Å². The molecule has 8 heteroatoms. The van der Waals surface area contributed by atoms with Crippen LogP contribution in [-0.2, 0) is 7.05 Å². The number of nitrogens with zero attached hydrogens (tertiary/aromatic N) is 4. The number of aromatic nitrogens is 2. The summed E-state index contributed by atoms with van der Waals surface area (Å²) in [4.78, 5) is 16.8. The molecule has 1 atom stereocenters. The van der Waals surface area contributed by atoms with Gasteiger partial charge in [-0.25, -0.2) is 13.6 Å². The van der Waals surface area contributed by atoms with E-state index in [0.717, 1.165) is 25.9 Å². The third-order valence-electron chi connectivity index (χ3n) is 5.26. The van der Waals surface area contributed by atoms with Crippen LogP contribution in [0.15, 0.2) is 0 Å². The number of alkyl halides is 2. The van der Waals surface area contributed by atoms with E-state index in [1.807, 2.05) is 0 Å². The van der Waals surface area contributed by atoms with Crippen molar-refractivity contribution in [3.8, 4) is 0 Å². The number of anilines is 1. The number of carbonyl (C=O) groups excluding carboxylic acids is 1. The van der Waals surface area contributed by atoms with E-state index in [-0.39, 0.29) is 17.4 Å². The summed E-state index contributed by atoms with van der Waals surface area (Å²) in [5.41, 5.74) is 0.645. The second-order valence-corrected chi connectivity index (χ2v) is 8.01. The van der Waals surface area contributed by atoms with Crippen LogP contribution in [0.1, 0.15) is 44.5 Å². The molecule has 2 saturated heterocycles. The number of aryl methyl sites for hydroxylation is 1. The predicted octanol–water partition coefficient (Wildman–Crippen LogP) is 3.00. The lowest BCUT2D eigenvalue weighted by Gasteiger charge is -2.52. The number of hydrogen-bond acceptors (Lipinski definition) is 3. The van der Waals surface area contributed by atoms with Crippen LogP contribution in [0.4, 0.5) is 19.3 Å². The normalized spacial score (nSPS) is 23.6. The van der Waals surface area contributed by atoms with Gasteiger partial charge >= 0.3 is 6.03 Å². The van der Waals surface area contributed by atoms with Gasteiger partial charge in [0.25, 0.3) is 6.43 Å². The van der Waals surface area contributed by atoms with Crippen molar-refractivity contribution >= 4 is 11.7 Å². The first-order valence-corrected chi connectivity index (χ1v) is 8.79. The SMILES string of the molecule is Cc1c(NC(=O)N2CCCC(N3CC(C)(C)C3)C2)c(C(F)F)nn1C. The Bertz CT molecular complexity index is 650. The zero-order chi connectivity index (χ0) is 18.4. The highest BCUT2D eigenvalue weighted by atomic mass is 19.3. The molecule has 3 rings (SSSR count). The summed E-state index contributed by atoms with van der Waals surface area (Å²) < 4.78 is 27.7. The van der Waals surface area contributed by atoms with E-state index >= 15 is 0 Å². The van der Waals surface area contributed by atoms with Crippen LogP contribution in [0.5, 0.6) is 0 Å². The maximum absolute atomic E-state index is 13.2. The van der Waals surface area contributed by atoms with E-state index in [9.17, 15) is 13.6 Å². The molecule has 140 valence electrons. The second-order valence-electron chi connectivity index (χ2n) is 8.01. The molecule has 1 N–H and O–H groups in total. The molecule has 1 aromatic rings. The molecular formula is C17H27F2N5O. The molecule has 2 fully saturated rings. The summed E-state index contributed by atoms with van der Waals surface area (Å²) in [6.07, 6.45) is -0.704. The Kier molecular flexibility index (Phi) is 4.74. The molecular weight excluding hydrogens is 328 g/mol. The van der Waals surface area contributed by atoms with E-state index in [1.165, 1.54) is 4.68 Å². The van der Waals surface area contributed by atoms with Crippen molar-refractivity contribution in [2.75, 3.05) is 31.5 Å². The first kappa shape index (κ1) is 18.1. The van der Waals surface area contributed by atoms with Crippen molar-refractivity contribution in [2.45, 2.75) is 46.1 Å². The molecule has 3 heterocycles. The maximum atomic E-state index is 13.2. The average molecular weight is 355 g/mol. The number of amides is 2. The van der Waals surface area contributed by atoms with Crippen LogP contribution < -0.4 is 5.32 Å². The minimum absolute atomic E-state index is 0.134. The minimum atomic E-state index is -2.72. The number of hydrogen-bond donors (Lipinski definition) is 1. The van der Waals surface area contributed by atoms with Crippen molar-refractivity contribution < 1.29 is 13.6 Å². The Morgan fingerprint density at radius 2 is 2.04 bits per heavy atom. The average Bonchev–Trinajstić information content (AvgIpc) is 2.81. The van der Waals surface area contributed by atoms with E-state index in [4.69, 9.17) is 0 Å². The second kappa shape index (κ2) is 6.55. The molecule has 6 nitrogen and oxygen atoms in total. The largest absolute Gasteiger partial charge is 0.323 e. The van der Waals surface area contributed by atoms with Gasteiger partial charge in [-0.1, -0.05) is 13.8 Å². The fraction of sp³-hybridized carbons (Fsp3) is 0.765. The maximum Gasteiger partial charge on any atom is 0.322 e. The molecule has 2 aliphatic heterocycles. The predicted molar refractivity (Wildman–Crippen MR) is 91.9 cm³/mol. The summed E-state index contributed by atoms with van der Waals surface area (Å²) >= 11 is 0. The number of rotatable bonds is 3. The van der Waals surface area contributed by atoms with Crippen molar-refractivity contribution in [1.82, 2.24) is 19.6 Å². The van der Waals surface area contributed by atoms with Crippen LogP contribution in [0.3, 0.4) is 0 Å². The van der Waals surface area contributed by atoms with E-state index < -0.39 is 6.43 Å². The first-order valence-electron chi connectivity index (χ1n) is 8.79. The number of carbonyl (C=O) groups is 1. The Labute approximate surface area is 147 Å². The summed E-state index contributed by atoms with van der Waals surface area (Å²) in [6, 6.07) is 0.0413. The van der Waals surface area contributed by atoms with Crippen molar-refractivity contribution in [3.63, 3.8) is 0 Å². The van der Waals surface area contributed by atoms with Crippen LogP contribution >= 0.6 is 0 Å². The zero-order valence-corrected chi connectivity index (χ0v) is 15.4. The van der Waals surface area contributed by atoms with Crippen molar-refractivity contribution in [2.24, 2.45) is 12.5 Å². The quantitative estimate of drug-likeness (QED) is 0.907. The number of halogens is 2. The van der Waals surface area contributed by atoms with E-state index in [0.29, 0.717) is 30.2 Å². The lowest BCUT2D eigenvalue weighted by molar-refractivity contribution is -0.0248. The summed E-state index contributed by atoms with van der Waals surface area (Å²) in [6.45, 7) is 9.56. The van der Waals surface area contributed by atoms with Crippen LogP contribution in [0.25, 0.3) is 0 Å². The molecule has 1 aromatic heterocycles. The van der Waals surface area contributed by atoms with Gasteiger partial charge in [-0.05, 0) is 25.2 Å². The van der Waals surface area contributed by atoms with Gasteiger partial charge in [0.2, 0.25) is 0 Å². The number of piperidine rings is 1. The van der Waals surface area contributed by atoms with Gasteiger partial charge in [0.15, 0.2) is 5.69 Å². The van der Waals surface area contributed by atoms with Gasteiger partial charge in [0, 0.05) is 39.3 Å². The fourth-order valence-electron chi connectivity index (χ4n) is 3.88. The summed E-state index contributed by atoms with van der Waals surface area (Å²) in [7, 11) is 1.60.